The number of methoxy groups -OCH3 is 2. The average molecular weight is 348 g/mol. The quantitative estimate of drug-likeness (QED) is 0.592. The van der Waals surface area contributed by atoms with Crippen LogP contribution in [0.25, 0.3) is 0 Å². The summed E-state index contributed by atoms with van der Waals surface area (Å²) in [6, 6.07) is 5.53. The number of sulfonamides is 1. The number of hydrogen-bond donors (Lipinski definition) is 0. The van der Waals surface area contributed by atoms with E-state index in [0.717, 1.165) is 7.11 Å². The van der Waals surface area contributed by atoms with Crippen molar-refractivity contribution >= 4 is 21.7 Å². The average Bonchev–Trinajstić information content (AvgIpc) is 2.60. The van der Waals surface area contributed by atoms with Crippen LogP contribution in [0, 0.1) is 0 Å². The van der Waals surface area contributed by atoms with E-state index in [9.17, 15) is 18.3 Å². The normalized spacial score (nSPS) is 17.7. The number of benzene rings is 1. The van der Waals surface area contributed by atoms with Gasteiger partial charge in [0.05, 0.1) is 24.3 Å². The third kappa shape index (κ3) is 3.54. The van der Waals surface area contributed by atoms with Gasteiger partial charge in [-0.15, -0.1) is 0 Å². The van der Waals surface area contributed by atoms with Gasteiger partial charge in [0.25, 0.3) is 10.0 Å². The monoisotopic (exact) mass is 348 g/mol. The van der Waals surface area contributed by atoms with Crippen LogP contribution in [0.1, 0.15) is 10.4 Å². The maximum atomic E-state index is 12.6. The molecule has 0 fully saturated rings. The van der Waals surface area contributed by atoms with Crippen LogP contribution in [0.4, 0.5) is 0 Å². The standard InChI is InChI=1S/C16H15NO6S/c1-22-15(18)11-7-3-5-9-13(11)17-24(20,21)14-10-6-4-8-12(14)16(19)23-2/h3-10,18H,1-2H3/p-1. The largest absolute Gasteiger partial charge is 0.616 e. The third-order valence-corrected chi connectivity index (χ3v) is 4.45. The molecule has 0 aliphatic heterocycles. The zero-order valence-corrected chi connectivity index (χ0v) is 13.7. The predicted molar refractivity (Wildman–Crippen MR) is 84.7 cm³/mol. The van der Waals surface area contributed by atoms with Crippen LogP contribution in [0.3, 0.4) is 0 Å². The summed E-state index contributed by atoms with van der Waals surface area (Å²) in [5.74, 6) is -1.52. The van der Waals surface area contributed by atoms with Crippen LogP contribution in [-0.2, 0) is 19.5 Å². The first kappa shape index (κ1) is 17.5. The summed E-state index contributed by atoms with van der Waals surface area (Å²) in [5.41, 5.74) is -0.220. The van der Waals surface area contributed by atoms with Gasteiger partial charge < -0.3 is 14.6 Å². The van der Waals surface area contributed by atoms with Crippen molar-refractivity contribution in [1.82, 2.24) is 0 Å². The molecule has 0 N–H and O–H groups in total. The number of esters is 1. The maximum absolute atomic E-state index is 12.6. The Morgan fingerprint density at radius 1 is 1.08 bits per heavy atom. The topological polar surface area (TPSA) is 105 Å². The molecule has 0 spiro atoms. The number of hydrogen-bond acceptors (Lipinski definition) is 6. The van der Waals surface area contributed by atoms with E-state index in [0.29, 0.717) is 0 Å². The van der Waals surface area contributed by atoms with E-state index in [-0.39, 0.29) is 21.7 Å². The molecule has 1 aliphatic rings. The summed E-state index contributed by atoms with van der Waals surface area (Å²) in [7, 11) is -1.92. The van der Waals surface area contributed by atoms with E-state index >= 15 is 0 Å². The molecule has 0 saturated carbocycles. The summed E-state index contributed by atoms with van der Waals surface area (Å²) in [5, 5.41) is 11.7. The fourth-order valence-corrected chi connectivity index (χ4v) is 3.18. The first-order chi connectivity index (χ1) is 11.4. The minimum absolute atomic E-state index is 0.000811. The number of rotatable bonds is 4. The Labute approximate surface area is 139 Å². The van der Waals surface area contributed by atoms with Crippen molar-refractivity contribution in [3.05, 3.63) is 65.7 Å². The van der Waals surface area contributed by atoms with Gasteiger partial charge >= 0.3 is 5.97 Å². The number of carbonyl (C=O) groups is 1. The second kappa shape index (κ2) is 7.14. The molecule has 1 aliphatic carbocycles. The lowest BCUT2D eigenvalue weighted by molar-refractivity contribution is -0.354. The van der Waals surface area contributed by atoms with Gasteiger partial charge in [0.1, 0.15) is 4.90 Å². The van der Waals surface area contributed by atoms with Crippen molar-refractivity contribution < 1.29 is 27.8 Å². The van der Waals surface area contributed by atoms with E-state index in [1.807, 2.05) is 0 Å². The number of carbonyl (C=O) groups excluding carboxylic acids is 1. The van der Waals surface area contributed by atoms with Gasteiger partial charge in [-0.05, 0) is 25.3 Å². The molecule has 7 nitrogen and oxygen atoms in total. The van der Waals surface area contributed by atoms with Crippen molar-refractivity contribution in [1.29, 1.82) is 0 Å². The lowest BCUT2D eigenvalue weighted by Gasteiger charge is -2.16. The molecule has 0 bridgehead atoms. The number of nitrogens with zero attached hydrogens (tertiary/aromatic N) is 1. The van der Waals surface area contributed by atoms with Crippen LogP contribution >= 0.6 is 0 Å². The van der Waals surface area contributed by atoms with E-state index in [2.05, 4.69) is 13.9 Å². The van der Waals surface area contributed by atoms with E-state index < -0.39 is 21.9 Å². The third-order valence-electron chi connectivity index (χ3n) is 3.10. The van der Waals surface area contributed by atoms with E-state index in [1.165, 1.54) is 49.6 Å². The Hall–Kier alpha value is -2.87. The fraction of sp³-hybridized carbons (Fsp3) is 0.125. The van der Waals surface area contributed by atoms with E-state index in [1.54, 1.807) is 6.08 Å². The molecule has 24 heavy (non-hydrogen) atoms. The van der Waals surface area contributed by atoms with Crippen molar-refractivity contribution in [3.8, 4) is 0 Å². The molecule has 0 heterocycles. The van der Waals surface area contributed by atoms with Crippen molar-refractivity contribution in [3.63, 3.8) is 0 Å². The van der Waals surface area contributed by atoms with Gasteiger partial charge in [-0.2, -0.15) is 12.8 Å². The molecule has 2 rings (SSSR count). The highest BCUT2D eigenvalue weighted by atomic mass is 32.2. The first-order valence-electron chi connectivity index (χ1n) is 6.73. The highest BCUT2D eigenvalue weighted by molar-refractivity contribution is 7.90. The molecule has 0 saturated heterocycles. The summed E-state index contributed by atoms with van der Waals surface area (Å²) in [6.45, 7) is 0. The second-order valence-corrected chi connectivity index (χ2v) is 6.14. The molecule has 0 atom stereocenters. The highest BCUT2D eigenvalue weighted by Gasteiger charge is 2.23. The molecule has 126 valence electrons. The van der Waals surface area contributed by atoms with Gasteiger partial charge in [-0.3, -0.25) is 0 Å². The summed E-state index contributed by atoms with van der Waals surface area (Å²) in [4.78, 5) is 11.4. The Morgan fingerprint density at radius 2 is 1.75 bits per heavy atom. The Kier molecular flexibility index (Phi) is 5.20. The molecule has 0 radical (unpaired) electrons. The van der Waals surface area contributed by atoms with Gasteiger partial charge in [-0.1, -0.05) is 30.4 Å². The Morgan fingerprint density at radius 3 is 2.42 bits per heavy atom. The van der Waals surface area contributed by atoms with E-state index in [4.69, 9.17) is 0 Å². The Balaban J connectivity index is 2.59. The van der Waals surface area contributed by atoms with Crippen LogP contribution in [0.5, 0.6) is 0 Å². The predicted octanol–water partition coefficient (Wildman–Crippen LogP) is 0.947. The van der Waals surface area contributed by atoms with Crippen molar-refractivity contribution in [2.75, 3.05) is 14.2 Å². The Bertz CT molecular complexity index is 878. The van der Waals surface area contributed by atoms with Gasteiger partial charge in [-0.25, -0.2) is 4.79 Å². The lowest BCUT2D eigenvalue weighted by atomic mass is 10.1. The van der Waals surface area contributed by atoms with Crippen LogP contribution in [-0.4, -0.2) is 34.3 Å². The first-order valence-corrected chi connectivity index (χ1v) is 8.17. The highest BCUT2D eigenvalue weighted by Crippen LogP contribution is 2.21. The SMILES string of the molecule is COC(=O)c1ccccc1S(=O)(=O)N=C1C=CC=CC1=C([O-])OC. The minimum atomic E-state index is -4.25. The van der Waals surface area contributed by atoms with Crippen molar-refractivity contribution in [2.24, 2.45) is 4.40 Å². The second-order valence-electron chi connectivity index (χ2n) is 4.56. The molecule has 0 aromatic heterocycles. The molecule has 1 aromatic carbocycles. The van der Waals surface area contributed by atoms with Crippen LogP contribution in [0.2, 0.25) is 0 Å². The zero-order chi connectivity index (χ0) is 17.7. The van der Waals surface area contributed by atoms with Gasteiger partial charge in [0.15, 0.2) is 0 Å². The molecule has 0 unspecified atom stereocenters. The molecule has 1 aromatic rings. The summed E-state index contributed by atoms with van der Waals surface area (Å²) >= 11 is 0. The van der Waals surface area contributed by atoms with Gasteiger partial charge in [0.2, 0.25) is 0 Å². The van der Waals surface area contributed by atoms with Crippen LogP contribution in [0.15, 0.2) is 69.4 Å². The summed E-state index contributed by atoms with van der Waals surface area (Å²) < 4.78 is 38.0. The molecular weight excluding hydrogens is 334 g/mol. The summed E-state index contributed by atoms with van der Waals surface area (Å²) in [6.07, 6.45) is 5.85. The minimum Gasteiger partial charge on any atom is -0.616 e. The smallest absolute Gasteiger partial charge is 0.339 e. The molecule has 8 heteroatoms. The molecule has 0 amide bonds. The lowest BCUT2D eigenvalue weighted by Crippen LogP contribution is -2.16. The van der Waals surface area contributed by atoms with Gasteiger partial charge in [0, 0.05) is 5.57 Å². The zero-order valence-electron chi connectivity index (χ0n) is 12.9. The fourth-order valence-electron chi connectivity index (χ4n) is 1.98. The maximum Gasteiger partial charge on any atom is 0.339 e. The number of ether oxygens (including phenoxy) is 2. The van der Waals surface area contributed by atoms with Crippen LogP contribution < -0.4 is 5.11 Å². The molecular formula is C16H14NO6S-. The van der Waals surface area contributed by atoms with Crippen molar-refractivity contribution in [2.45, 2.75) is 4.90 Å². The number of allylic oxidation sites excluding steroid dienone is 5.